The highest BCUT2D eigenvalue weighted by atomic mass is 19.4. The predicted octanol–water partition coefficient (Wildman–Crippen LogP) is 2.63. The van der Waals surface area contributed by atoms with Gasteiger partial charge in [0.15, 0.2) is 0 Å². The van der Waals surface area contributed by atoms with Gasteiger partial charge in [0.05, 0.1) is 12.2 Å². The van der Waals surface area contributed by atoms with Crippen LogP contribution in [-0.4, -0.2) is 34.4 Å². The van der Waals surface area contributed by atoms with Crippen LogP contribution in [0.3, 0.4) is 0 Å². The molecule has 0 radical (unpaired) electrons. The zero-order valence-corrected chi connectivity index (χ0v) is 9.92. The van der Waals surface area contributed by atoms with Gasteiger partial charge in [-0.05, 0) is 19.1 Å². The molecule has 1 aromatic heterocycles. The molecule has 19 heavy (non-hydrogen) atoms. The summed E-state index contributed by atoms with van der Waals surface area (Å²) in [5, 5.41) is 0. The number of hydrogen-bond donors (Lipinski definition) is 0. The second kappa shape index (κ2) is 5.50. The van der Waals surface area contributed by atoms with E-state index in [0.29, 0.717) is 4.90 Å². The first-order valence-electron chi connectivity index (χ1n) is 5.34. The molecule has 0 aliphatic carbocycles. The van der Waals surface area contributed by atoms with E-state index in [1.807, 2.05) is 0 Å². The summed E-state index contributed by atoms with van der Waals surface area (Å²) in [6.45, 7) is 0.635. The Bertz CT molecular complexity index is 432. The van der Waals surface area contributed by atoms with Gasteiger partial charge in [-0.3, -0.25) is 9.78 Å². The number of carbonyl (C=O) groups is 1. The van der Waals surface area contributed by atoms with E-state index >= 15 is 0 Å². The third-order valence-corrected chi connectivity index (χ3v) is 2.37. The predicted molar refractivity (Wildman–Crippen MR) is 56.3 cm³/mol. The minimum absolute atomic E-state index is 0.232. The monoisotopic (exact) mass is 282 g/mol. The molecular formula is C11H11F5N2O. The molecule has 0 N–H and O–H groups in total. The van der Waals surface area contributed by atoms with E-state index in [-0.39, 0.29) is 12.2 Å². The van der Waals surface area contributed by atoms with Gasteiger partial charge in [-0.2, -0.15) is 22.0 Å². The second-order valence-electron chi connectivity index (χ2n) is 3.71. The van der Waals surface area contributed by atoms with Crippen LogP contribution in [0.15, 0.2) is 24.4 Å². The first kappa shape index (κ1) is 15.3. The molecule has 1 aromatic rings. The molecule has 1 amide bonds. The van der Waals surface area contributed by atoms with Crippen LogP contribution in [0.2, 0.25) is 0 Å². The normalized spacial score (nSPS) is 12.3. The number of halogens is 5. The molecule has 1 heterocycles. The SMILES string of the molecule is CCN(Cc1ccccn1)C(=O)C(F)(F)C(F)(F)F. The average molecular weight is 282 g/mol. The number of pyridine rings is 1. The molecule has 1 rings (SSSR count). The van der Waals surface area contributed by atoms with E-state index in [2.05, 4.69) is 4.98 Å². The highest BCUT2D eigenvalue weighted by molar-refractivity contribution is 5.84. The van der Waals surface area contributed by atoms with Gasteiger partial charge in [0.1, 0.15) is 0 Å². The number of carbonyl (C=O) groups excluding carboxylic acids is 1. The smallest absolute Gasteiger partial charge is 0.332 e. The van der Waals surface area contributed by atoms with Gasteiger partial charge in [0.25, 0.3) is 0 Å². The van der Waals surface area contributed by atoms with Crippen LogP contribution in [0.1, 0.15) is 12.6 Å². The average Bonchev–Trinajstić information content (AvgIpc) is 2.35. The van der Waals surface area contributed by atoms with Gasteiger partial charge >= 0.3 is 18.0 Å². The highest BCUT2D eigenvalue weighted by Crippen LogP contribution is 2.37. The van der Waals surface area contributed by atoms with E-state index in [9.17, 15) is 26.7 Å². The van der Waals surface area contributed by atoms with E-state index in [1.165, 1.54) is 19.2 Å². The van der Waals surface area contributed by atoms with E-state index in [0.717, 1.165) is 0 Å². The number of rotatable bonds is 4. The molecule has 0 aliphatic rings. The van der Waals surface area contributed by atoms with Crippen molar-refractivity contribution < 1.29 is 26.7 Å². The Kier molecular flexibility index (Phi) is 4.43. The Balaban J connectivity index is 2.89. The van der Waals surface area contributed by atoms with Gasteiger partial charge in [0.2, 0.25) is 0 Å². The van der Waals surface area contributed by atoms with Crippen molar-refractivity contribution in [3.63, 3.8) is 0 Å². The van der Waals surface area contributed by atoms with Crippen molar-refractivity contribution in [2.45, 2.75) is 25.6 Å². The van der Waals surface area contributed by atoms with Gasteiger partial charge in [-0.15, -0.1) is 0 Å². The summed E-state index contributed by atoms with van der Waals surface area (Å²) in [7, 11) is 0. The lowest BCUT2D eigenvalue weighted by molar-refractivity contribution is -0.274. The molecule has 0 bridgehead atoms. The standard InChI is InChI=1S/C11H11F5N2O/c1-2-18(7-8-5-3-4-6-17-8)9(19)10(12,13)11(14,15)16/h3-6H,2,7H2,1H3. The second-order valence-corrected chi connectivity index (χ2v) is 3.71. The van der Waals surface area contributed by atoms with Crippen molar-refractivity contribution in [2.75, 3.05) is 6.54 Å². The Morgan fingerprint density at radius 1 is 1.26 bits per heavy atom. The van der Waals surface area contributed by atoms with Crippen LogP contribution in [0.4, 0.5) is 22.0 Å². The third kappa shape index (κ3) is 3.39. The lowest BCUT2D eigenvalue weighted by atomic mass is 10.2. The number of amides is 1. The molecule has 0 saturated heterocycles. The minimum atomic E-state index is -5.90. The molecule has 0 aliphatic heterocycles. The Labute approximate surface area is 106 Å². The van der Waals surface area contributed by atoms with Crippen molar-refractivity contribution in [1.29, 1.82) is 0 Å². The lowest BCUT2D eigenvalue weighted by Crippen LogP contribution is -2.51. The van der Waals surface area contributed by atoms with Gasteiger partial charge in [0, 0.05) is 12.7 Å². The number of alkyl halides is 5. The topological polar surface area (TPSA) is 33.2 Å². The Morgan fingerprint density at radius 3 is 2.32 bits per heavy atom. The minimum Gasteiger partial charge on any atom is -0.332 e. The van der Waals surface area contributed by atoms with Crippen LogP contribution >= 0.6 is 0 Å². The van der Waals surface area contributed by atoms with Crippen molar-refractivity contribution in [3.8, 4) is 0 Å². The van der Waals surface area contributed by atoms with Crippen LogP contribution in [0.5, 0.6) is 0 Å². The fourth-order valence-electron chi connectivity index (χ4n) is 1.33. The number of hydrogen-bond acceptors (Lipinski definition) is 2. The Hall–Kier alpha value is -1.73. The summed E-state index contributed by atoms with van der Waals surface area (Å²) < 4.78 is 62.2. The largest absolute Gasteiger partial charge is 0.463 e. The quantitative estimate of drug-likeness (QED) is 0.795. The van der Waals surface area contributed by atoms with Crippen LogP contribution in [-0.2, 0) is 11.3 Å². The first-order chi connectivity index (χ1) is 8.70. The zero-order valence-electron chi connectivity index (χ0n) is 9.92. The molecule has 8 heteroatoms. The fourth-order valence-corrected chi connectivity index (χ4v) is 1.33. The first-order valence-corrected chi connectivity index (χ1v) is 5.34. The molecule has 3 nitrogen and oxygen atoms in total. The molecule has 0 aromatic carbocycles. The van der Waals surface area contributed by atoms with Crippen LogP contribution in [0, 0.1) is 0 Å². The van der Waals surface area contributed by atoms with Crippen molar-refractivity contribution in [3.05, 3.63) is 30.1 Å². The summed E-state index contributed by atoms with van der Waals surface area (Å²) in [5.41, 5.74) is 0.232. The summed E-state index contributed by atoms with van der Waals surface area (Å²) in [4.78, 5) is 15.5. The lowest BCUT2D eigenvalue weighted by Gasteiger charge is -2.26. The molecule has 0 saturated carbocycles. The Morgan fingerprint density at radius 2 is 1.89 bits per heavy atom. The summed E-state index contributed by atoms with van der Waals surface area (Å²) in [6, 6.07) is 4.54. The number of aromatic nitrogens is 1. The van der Waals surface area contributed by atoms with Crippen molar-refractivity contribution in [1.82, 2.24) is 9.88 Å². The number of nitrogens with zero attached hydrogens (tertiary/aromatic N) is 2. The zero-order chi connectivity index (χ0) is 14.7. The van der Waals surface area contributed by atoms with E-state index in [1.54, 1.807) is 12.1 Å². The maximum Gasteiger partial charge on any atom is 0.463 e. The molecule has 0 atom stereocenters. The van der Waals surface area contributed by atoms with Crippen LogP contribution < -0.4 is 0 Å². The van der Waals surface area contributed by atoms with Crippen molar-refractivity contribution in [2.24, 2.45) is 0 Å². The van der Waals surface area contributed by atoms with E-state index < -0.39 is 24.6 Å². The fraction of sp³-hybridized carbons (Fsp3) is 0.455. The van der Waals surface area contributed by atoms with Gasteiger partial charge in [-0.1, -0.05) is 6.07 Å². The van der Waals surface area contributed by atoms with E-state index in [4.69, 9.17) is 0 Å². The molecule has 0 spiro atoms. The molecular weight excluding hydrogens is 271 g/mol. The molecule has 106 valence electrons. The summed E-state index contributed by atoms with van der Waals surface area (Å²) in [6.07, 6.45) is -4.54. The molecule has 0 fully saturated rings. The highest BCUT2D eigenvalue weighted by Gasteiger charge is 2.64. The van der Waals surface area contributed by atoms with Gasteiger partial charge < -0.3 is 4.90 Å². The van der Waals surface area contributed by atoms with Gasteiger partial charge in [-0.25, -0.2) is 0 Å². The summed E-state index contributed by atoms with van der Waals surface area (Å²) >= 11 is 0. The van der Waals surface area contributed by atoms with Crippen molar-refractivity contribution >= 4 is 5.91 Å². The third-order valence-electron chi connectivity index (χ3n) is 2.37. The maximum atomic E-state index is 12.9. The van der Waals surface area contributed by atoms with Crippen LogP contribution in [0.25, 0.3) is 0 Å². The maximum absolute atomic E-state index is 12.9. The summed E-state index contributed by atoms with van der Waals surface area (Å²) in [5.74, 6) is -7.66. The molecule has 0 unspecified atom stereocenters.